The molecule has 1 N–H and O–H groups in total. The molecule has 0 unspecified atom stereocenters. The molecule has 21 heavy (non-hydrogen) atoms. The Morgan fingerprint density at radius 3 is 2.10 bits per heavy atom. The fourth-order valence-electron chi connectivity index (χ4n) is 2.63. The minimum absolute atomic E-state index is 0.0290. The first-order chi connectivity index (χ1) is 9.72. The summed E-state index contributed by atoms with van der Waals surface area (Å²) in [5.41, 5.74) is 4.22. The van der Waals surface area contributed by atoms with Gasteiger partial charge in [0.1, 0.15) is 0 Å². The van der Waals surface area contributed by atoms with E-state index in [0.717, 1.165) is 16.8 Å². The van der Waals surface area contributed by atoms with Gasteiger partial charge in [-0.2, -0.15) is 0 Å². The highest BCUT2D eigenvalue weighted by molar-refractivity contribution is 5.94. The molecule has 0 aromatic heterocycles. The number of benzene rings is 1. The maximum absolute atomic E-state index is 12.0. The first-order valence-corrected chi connectivity index (χ1v) is 7.37. The summed E-state index contributed by atoms with van der Waals surface area (Å²) in [6.45, 7) is 11.8. The maximum atomic E-state index is 12.0. The van der Waals surface area contributed by atoms with Crippen LogP contribution in [0.3, 0.4) is 0 Å². The lowest BCUT2D eigenvalue weighted by molar-refractivity contribution is -0.121. The molecule has 4 heteroatoms. The average molecular weight is 290 g/mol. The van der Waals surface area contributed by atoms with E-state index in [1.165, 1.54) is 5.56 Å². The molecule has 0 heterocycles. The van der Waals surface area contributed by atoms with E-state index < -0.39 is 0 Å². The number of hydrogen-bond donors (Lipinski definition) is 1. The highest BCUT2D eigenvalue weighted by atomic mass is 16.2. The minimum atomic E-state index is -0.0394. The van der Waals surface area contributed by atoms with Gasteiger partial charge in [0.05, 0.1) is 0 Å². The molecule has 1 rings (SSSR count). The summed E-state index contributed by atoms with van der Waals surface area (Å²) in [5, 5.41) is 2.85. The summed E-state index contributed by atoms with van der Waals surface area (Å²) >= 11 is 0. The first kappa shape index (κ1) is 17.2. The minimum Gasteiger partial charge on any atom is -0.354 e. The van der Waals surface area contributed by atoms with Crippen molar-refractivity contribution >= 4 is 17.5 Å². The van der Waals surface area contributed by atoms with Gasteiger partial charge in [0.15, 0.2) is 0 Å². The molecule has 1 aromatic carbocycles. The largest absolute Gasteiger partial charge is 0.354 e. The smallest absolute Gasteiger partial charge is 0.223 e. The predicted octanol–water partition coefficient (Wildman–Crippen LogP) is 2.88. The van der Waals surface area contributed by atoms with Crippen molar-refractivity contribution in [2.45, 2.75) is 54.0 Å². The molecule has 0 bridgehead atoms. The Morgan fingerprint density at radius 2 is 1.67 bits per heavy atom. The van der Waals surface area contributed by atoms with E-state index in [1.807, 2.05) is 34.6 Å². The van der Waals surface area contributed by atoms with Gasteiger partial charge < -0.3 is 10.2 Å². The fourth-order valence-corrected chi connectivity index (χ4v) is 2.63. The van der Waals surface area contributed by atoms with Crippen LogP contribution in [0.4, 0.5) is 5.69 Å². The van der Waals surface area contributed by atoms with Crippen molar-refractivity contribution in [3.8, 4) is 0 Å². The zero-order valence-corrected chi connectivity index (χ0v) is 13.9. The Morgan fingerprint density at radius 1 is 1.14 bits per heavy atom. The van der Waals surface area contributed by atoms with E-state index in [-0.39, 0.29) is 17.9 Å². The second kappa shape index (κ2) is 7.25. The number of carbonyl (C=O) groups is 2. The Labute approximate surface area is 127 Å². The standard InChI is InChI=1S/C17H26N2O2/c1-11(2)18-16(21)7-8-19(15(6)20)17-13(4)9-12(3)10-14(17)5/h9-11H,7-8H2,1-6H3,(H,18,21). The summed E-state index contributed by atoms with van der Waals surface area (Å²) < 4.78 is 0. The van der Waals surface area contributed by atoms with Crippen molar-refractivity contribution < 1.29 is 9.59 Å². The van der Waals surface area contributed by atoms with Crippen LogP contribution in [0, 0.1) is 20.8 Å². The maximum Gasteiger partial charge on any atom is 0.223 e. The molecule has 2 amide bonds. The van der Waals surface area contributed by atoms with E-state index in [0.29, 0.717) is 13.0 Å². The third kappa shape index (κ3) is 4.88. The second-order valence-corrected chi connectivity index (χ2v) is 5.89. The van der Waals surface area contributed by atoms with E-state index in [9.17, 15) is 9.59 Å². The van der Waals surface area contributed by atoms with Crippen LogP contribution in [0.25, 0.3) is 0 Å². The molecule has 0 atom stereocenters. The summed E-state index contributed by atoms with van der Waals surface area (Å²) in [6.07, 6.45) is 0.310. The fraction of sp³-hybridized carbons (Fsp3) is 0.529. The molecule has 0 saturated carbocycles. The number of anilines is 1. The summed E-state index contributed by atoms with van der Waals surface area (Å²) in [5.74, 6) is -0.0685. The van der Waals surface area contributed by atoms with Crippen molar-refractivity contribution in [1.82, 2.24) is 5.32 Å². The van der Waals surface area contributed by atoms with E-state index >= 15 is 0 Å². The summed E-state index contributed by atoms with van der Waals surface area (Å²) in [4.78, 5) is 25.4. The number of amides is 2. The Kier molecular flexibility index (Phi) is 5.94. The van der Waals surface area contributed by atoms with Crippen LogP contribution in [-0.4, -0.2) is 24.4 Å². The lowest BCUT2D eigenvalue weighted by Gasteiger charge is -2.25. The van der Waals surface area contributed by atoms with Gasteiger partial charge in [-0.1, -0.05) is 17.7 Å². The van der Waals surface area contributed by atoms with Crippen molar-refractivity contribution in [2.75, 3.05) is 11.4 Å². The number of hydrogen-bond acceptors (Lipinski definition) is 2. The van der Waals surface area contributed by atoms with E-state index in [1.54, 1.807) is 11.8 Å². The van der Waals surface area contributed by atoms with E-state index in [4.69, 9.17) is 0 Å². The van der Waals surface area contributed by atoms with Crippen LogP contribution in [0.5, 0.6) is 0 Å². The van der Waals surface area contributed by atoms with Crippen molar-refractivity contribution in [3.05, 3.63) is 28.8 Å². The molecular weight excluding hydrogens is 264 g/mol. The average Bonchev–Trinajstić information content (AvgIpc) is 2.30. The normalized spacial score (nSPS) is 10.6. The monoisotopic (exact) mass is 290 g/mol. The van der Waals surface area contributed by atoms with Crippen molar-refractivity contribution in [3.63, 3.8) is 0 Å². The quantitative estimate of drug-likeness (QED) is 0.906. The highest BCUT2D eigenvalue weighted by Crippen LogP contribution is 2.26. The van der Waals surface area contributed by atoms with Crippen LogP contribution < -0.4 is 10.2 Å². The molecule has 0 aliphatic heterocycles. The van der Waals surface area contributed by atoms with Crippen LogP contribution >= 0.6 is 0 Å². The molecule has 4 nitrogen and oxygen atoms in total. The number of aryl methyl sites for hydroxylation is 3. The van der Waals surface area contributed by atoms with Gasteiger partial charge in [0.2, 0.25) is 11.8 Å². The predicted molar refractivity (Wildman–Crippen MR) is 86.6 cm³/mol. The molecule has 116 valence electrons. The van der Waals surface area contributed by atoms with Gasteiger partial charge >= 0.3 is 0 Å². The molecule has 0 saturated heterocycles. The van der Waals surface area contributed by atoms with Crippen LogP contribution in [0.1, 0.15) is 43.9 Å². The SMILES string of the molecule is CC(=O)N(CCC(=O)NC(C)C)c1c(C)cc(C)cc1C. The van der Waals surface area contributed by atoms with E-state index in [2.05, 4.69) is 17.4 Å². The van der Waals surface area contributed by atoms with Gasteiger partial charge in [-0.15, -0.1) is 0 Å². The van der Waals surface area contributed by atoms with Gasteiger partial charge in [-0.05, 0) is 45.7 Å². The molecule has 0 radical (unpaired) electrons. The molecule has 0 aliphatic carbocycles. The van der Waals surface area contributed by atoms with Crippen molar-refractivity contribution in [2.24, 2.45) is 0 Å². The Hall–Kier alpha value is -1.84. The first-order valence-electron chi connectivity index (χ1n) is 7.37. The van der Waals surface area contributed by atoms with Gasteiger partial charge in [0, 0.05) is 31.6 Å². The van der Waals surface area contributed by atoms with Gasteiger partial charge in [0.25, 0.3) is 0 Å². The molecular formula is C17H26N2O2. The van der Waals surface area contributed by atoms with Crippen LogP contribution in [-0.2, 0) is 9.59 Å². The number of carbonyl (C=O) groups excluding carboxylic acids is 2. The number of nitrogens with one attached hydrogen (secondary N) is 1. The lowest BCUT2D eigenvalue weighted by atomic mass is 10.0. The summed E-state index contributed by atoms with van der Waals surface area (Å²) in [6, 6.07) is 4.24. The van der Waals surface area contributed by atoms with Gasteiger partial charge in [-0.25, -0.2) is 0 Å². The second-order valence-electron chi connectivity index (χ2n) is 5.89. The molecule has 0 fully saturated rings. The zero-order chi connectivity index (χ0) is 16.2. The number of rotatable bonds is 5. The van der Waals surface area contributed by atoms with Gasteiger partial charge in [-0.3, -0.25) is 9.59 Å². The summed E-state index contributed by atoms with van der Waals surface area (Å²) in [7, 11) is 0. The molecule has 1 aromatic rings. The Balaban J connectivity index is 2.94. The van der Waals surface area contributed by atoms with Crippen LogP contribution in [0.2, 0.25) is 0 Å². The Bertz CT molecular complexity index is 513. The van der Waals surface area contributed by atoms with Crippen LogP contribution in [0.15, 0.2) is 12.1 Å². The third-order valence-corrected chi connectivity index (χ3v) is 3.30. The van der Waals surface area contributed by atoms with Crippen molar-refractivity contribution in [1.29, 1.82) is 0 Å². The molecule has 0 spiro atoms. The number of nitrogens with zero attached hydrogens (tertiary/aromatic N) is 1. The molecule has 0 aliphatic rings. The lowest BCUT2D eigenvalue weighted by Crippen LogP contribution is -2.36. The zero-order valence-electron chi connectivity index (χ0n) is 13.9. The third-order valence-electron chi connectivity index (χ3n) is 3.30. The highest BCUT2D eigenvalue weighted by Gasteiger charge is 2.18. The topological polar surface area (TPSA) is 49.4 Å².